The van der Waals surface area contributed by atoms with Gasteiger partial charge in [0, 0.05) is 48.2 Å². The first-order chi connectivity index (χ1) is 19.3. The molecule has 0 bridgehead atoms. The molecule has 0 atom stereocenters. The number of fused-ring (bicyclic) bond motifs is 1. The SMILES string of the molecule is CC(=O)[N+](c1ccccc1)(c1ccccc1)c1ccc(-c2n[nH]cc2-c2nc3cc(C(C)(C)C)ccc3o2)cc1. The van der Waals surface area contributed by atoms with Crippen LogP contribution in [0.1, 0.15) is 33.3 Å². The number of nitrogens with zero attached hydrogens (tertiary/aromatic N) is 3. The van der Waals surface area contributed by atoms with Crippen LogP contribution in [0, 0.1) is 0 Å². The standard InChI is InChI=1S/C34H31N4O2/c1-23(39)38(26-11-7-5-8-12-26,27-13-9-6-10-14-27)28-18-15-24(16-19-28)32-29(22-35-37-32)33-36-30-21-25(34(2,3)4)17-20-31(30)40-33/h5-22H,1-4H3,(H,35,37)/q+1. The van der Waals surface area contributed by atoms with Crippen molar-refractivity contribution in [2.24, 2.45) is 0 Å². The van der Waals surface area contributed by atoms with Crippen LogP contribution < -0.4 is 4.48 Å². The van der Waals surface area contributed by atoms with E-state index in [2.05, 4.69) is 43.1 Å². The number of aromatic amines is 1. The summed E-state index contributed by atoms with van der Waals surface area (Å²) in [4.78, 5) is 18.3. The minimum Gasteiger partial charge on any atom is -0.436 e. The average molecular weight is 528 g/mol. The Hall–Kier alpha value is -4.81. The number of carbonyl (C=O) groups is 1. The van der Waals surface area contributed by atoms with Crippen LogP contribution in [0.5, 0.6) is 0 Å². The van der Waals surface area contributed by atoms with E-state index in [1.807, 2.05) is 97.2 Å². The van der Waals surface area contributed by atoms with Gasteiger partial charge in [-0.2, -0.15) is 9.58 Å². The molecule has 0 unspecified atom stereocenters. The first-order valence-electron chi connectivity index (χ1n) is 13.4. The van der Waals surface area contributed by atoms with Gasteiger partial charge in [0.2, 0.25) is 5.89 Å². The van der Waals surface area contributed by atoms with E-state index >= 15 is 0 Å². The number of H-pyrrole nitrogens is 1. The lowest BCUT2D eigenvalue weighted by Gasteiger charge is -2.33. The lowest BCUT2D eigenvalue weighted by Crippen LogP contribution is -2.43. The van der Waals surface area contributed by atoms with Crippen LogP contribution >= 0.6 is 0 Å². The molecule has 4 aromatic carbocycles. The fourth-order valence-electron chi connectivity index (χ4n) is 5.32. The number of carbonyl (C=O) groups excluding carboxylic acids is 1. The maximum atomic E-state index is 13.5. The van der Waals surface area contributed by atoms with E-state index < -0.39 is 0 Å². The second kappa shape index (κ2) is 9.74. The molecule has 0 spiro atoms. The van der Waals surface area contributed by atoms with Crippen LogP contribution in [0.3, 0.4) is 0 Å². The van der Waals surface area contributed by atoms with Gasteiger partial charge in [-0.25, -0.2) is 9.78 Å². The summed E-state index contributed by atoms with van der Waals surface area (Å²) in [5.74, 6) is 0.503. The molecule has 2 aromatic heterocycles. The van der Waals surface area contributed by atoms with Crippen molar-refractivity contribution in [1.29, 1.82) is 0 Å². The third-order valence-corrected chi connectivity index (χ3v) is 7.41. The van der Waals surface area contributed by atoms with E-state index in [9.17, 15) is 4.79 Å². The fraction of sp³-hybridized carbons (Fsp3) is 0.147. The molecule has 0 aliphatic rings. The van der Waals surface area contributed by atoms with Crippen LogP contribution in [0.15, 0.2) is 114 Å². The molecule has 0 saturated heterocycles. The second-order valence-electron chi connectivity index (χ2n) is 11.0. The zero-order valence-electron chi connectivity index (χ0n) is 23.1. The van der Waals surface area contributed by atoms with Crippen molar-refractivity contribution >= 4 is 34.1 Å². The van der Waals surface area contributed by atoms with Crippen molar-refractivity contribution in [3.63, 3.8) is 0 Å². The maximum Gasteiger partial charge on any atom is 0.325 e. The number of hydrogen-bond donors (Lipinski definition) is 1. The van der Waals surface area contributed by atoms with Gasteiger partial charge in [-0.3, -0.25) is 5.10 Å². The van der Waals surface area contributed by atoms with Gasteiger partial charge in [-0.05, 0) is 35.2 Å². The number of benzene rings is 4. The third kappa shape index (κ3) is 4.23. The number of quaternary nitrogens is 1. The van der Waals surface area contributed by atoms with E-state index in [-0.39, 0.29) is 15.8 Å². The summed E-state index contributed by atoms with van der Waals surface area (Å²) in [7, 11) is 0. The highest BCUT2D eigenvalue weighted by Gasteiger charge is 2.41. The summed E-state index contributed by atoms with van der Waals surface area (Å²) in [6.07, 6.45) is 1.81. The van der Waals surface area contributed by atoms with Gasteiger partial charge in [-0.15, -0.1) is 0 Å². The van der Waals surface area contributed by atoms with Gasteiger partial charge < -0.3 is 4.42 Å². The molecule has 1 N–H and O–H groups in total. The predicted molar refractivity (Wildman–Crippen MR) is 160 cm³/mol. The summed E-state index contributed by atoms with van der Waals surface area (Å²) < 4.78 is 6.12. The molecule has 1 amide bonds. The lowest BCUT2D eigenvalue weighted by atomic mass is 9.87. The molecule has 198 valence electrons. The van der Waals surface area contributed by atoms with E-state index in [4.69, 9.17) is 9.40 Å². The lowest BCUT2D eigenvalue weighted by molar-refractivity contribution is -0.123. The Morgan fingerprint density at radius 3 is 1.98 bits per heavy atom. The molecule has 0 radical (unpaired) electrons. The first kappa shape index (κ1) is 25.5. The van der Waals surface area contributed by atoms with Crippen LogP contribution in [-0.2, 0) is 10.2 Å². The highest BCUT2D eigenvalue weighted by molar-refractivity contribution is 6.00. The van der Waals surface area contributed by atoms with E-state index in [1.165, 1.54) is 5.56 Å². The Balaban J connectivity index is 1.43. The topological polar surface area (TPSA) is 71.8 Å². The van der Waals surface area contributed by atoms with Crippen LogP contribution in [0.4, 0.5) is 17.1 Å². The van der Waals surface area contributed by atoms with E-state index in [0.717, 1.165) is 45.0 Å². The molecule has 40 heavy (non-hydrogen) atoms. The third-order valence-electron chi connectivity index (χ3n) is 7.41. The minimum atomic E-state index is -0.0311. The largest absolute Gasteiger partial charge is 0.436 e. The van der Waals surface area contributed by atoms with E-state index in [1.54, 1.807) is 6.92 Å². The van der Waals surface area contributed by atoms with Crippen molar-refractivity contribution in [3.8, 4) is 22.7 Å². The highest BCUT2D eigenvalue weighted by atomic mass is 16.3. The summed E-state index contributed by atoms with van der Waals surface area (Å²) in [5.41, 5.74) is 7.75. The van der Waals surface area contributed by atoms with Crippen LogP contribution in [0.2, 0.25) is 0 Å². The predicted octanol–water partition coefficient (Wildman–Crippen LogP) is 8.70. The molecule has 6 aromatic rings. The van der Waals surface area contributed by atoms with Gasteiger partial charge in [-0.1, -0.05) is 63.2 Å². The molecule has 2 heterocycles. The number of amides is 1. The first-order valence-corrected chi connectivity index (χ1v) is 13.4. The Bertz CT molecular complexity index is 1750. The Kier molecular flexibility index (Phi) is 6.20. The molecule has 0 aliphatic heterocycles. The molecule has 6 rings (SSSR count). The number of rotatable bonds is 5. The van der Waals surface area contributed by atoms with Gasteiger partial charge >= 0.3 is 5.91 Å². The molecule has 6 heteroatoms. The zero-order valence-corrected chi connectivity index (χ0v) is 23.1. The molecular formula is C34H31N4O2+. The Labute approximate surface area is 233 Å². The van der Waals surface area contributed by atoms with Crippen molar-refractivity contribution in [2.45, 2.75) is 33.1 Å². The highest BCUT2D eigenvalue weighted by Crippen LogP contribution is 2.45. The molecule has 0 saturated carbocycles. The van der Waals surface area contributed by atoms with Crippen molar-refractivity contribution in [1.82, 2.24) is 19.7 Å². The smallest absolute Gasteiger partial charge is 0.325 e. The van der Waals surface area contributed by atoms with Crippen molar-refractivity contribution < 1.29 is 9.21 Å². The molecular weight excluding hydrogens is 496 g/mol. The van der Waals surface area contributed by atoms with Crippen LogP contribution in [0.25, 0.3) is 33.8 Å². The average Bonchev–Trinajstić information content (AvgIpc) is 3.61. The minimum absolute atomic E-state index is 0.00768. The summed E-state index contributed by atoms with van der Waals surface area (Å²) in [5, 5.41) is 7.52. The Morgan fingerprint density at radius 2 is 1.40 bits per heavy atom. The number of para-hydroxylation sites is 2. The van der Waals surface area contributed by atoms with E-state index in [0.29, 0.717) is 5.89 Å². The second-order valence-corrected chi connectivity index (χ2v) is 11.0. The van der Waals surface area contributed by atoms with Gasteiger partial charge in [0.05, 0.1) is 12.5 Å². The van der Waals surface area contributed by atoms with Gasteiger partial charge in [0.1, 0.15) is 11.2 Å². The van der Waals surface area contributed by atoms with Gasteiger partial charge in [0.15, 0.2) is 22.6 Å². The van der Waals surface area contributed by atoms with Crippen molar-refractivity contribution in [3.05, 3.63) is 115 Å². The number of hydrogen-bond acceptors (Lipinski definition) is 4. The normalized spacial score (nSPS) is 12.1. The number of aromatic nitrogens is 3. The summed E-state index contributed by atoms with van der Waals surface area (Å²) >= 11 is 0. The van der Waals surface area contributed by atoms with Gasteiger partial charge in [0.25, 0.3) is 0 Å². The summed E-state index contributed by atoms with van der Waals surface area (Å²) in [6.45, 7) is 8.18. The zero-order chi connectivity index (χ0) is 27.9. The number of oxazole rings is 1. The fourth-order valence-corrected chi connectivity index (χ4v) is 5.32. The van der Waals surface area contributed by atoms with Crippen LogP contribution in [-0.4, -0.2) is 21.1 Å². The Morgan fingerprint density at radius 1 is 0.800 bits per heavy atom. The monoisotopic (exact) mass is 527 g/mol. The van der Waals surface area contributed by atoms with Crippen molar-refractivity contribution in [2.75, 3.05) is 0 Å². The summed E-state index contributed by atoms with van der Waals surface area (Å²) in [6, 6.07) is 33.9. The molecule has 6 nitrogen and oxygen atoms in total. The molecule has 0 fully saturated rings. The molecule has 0 aliphatic carbocycles. The number of nitrogens with one attached hydrogen (secondary N) is 1. The quantitative estimate of drug-likeness (QED) is 0.228. The maximum absolute atomic E-state index is 13.5.